The number of fused-ring (bicyclic) bond motifs is 1. The van der Waals surface area contributed by atoms with Gasteiger partial charge >= 0.3 is 0 Å². The molecule has 0 aliphatic rings. The zero-order chi connectivity index (χ0) is 20.2. The molecule has 1 N–H and O–H groups in total. The van der Waals surface area contributed by atoms with E-state index in [1.54, 1.807) is 12.4 Å². The van der Waals surface area contributed by atoms with Crippen LogP contribution in [0.5, 0.6) is 0 Å². The Morgan fingerprint density at radius 2 is 1.76 bits per heavy atom. The van der Waals surface area contributed by atoms with Crippen LogP contribution in [0, 0.1) is 6.92 Å². The molecule has 0 radical (unpaired) electrons. The Morgan fingerprint density at radius 3 is 2.48 bits per heavy atom. The van der Waals surface area contributed by atoms with E-state index in [2.05, 4.69) is 17.2 Å². The molecular weight excluding hydrogens is 358 g/mol. The summed E-state index contributed by atoms with van der Waals surface area (Å²) in [6.07, 6.45) is 4.33. The van der Waals surface area contributed by atoms with Crippen LogP contribution in [0.4, 0.5) is 0 Å². The summed E-state index contributed by atoms with van der Waals surface area (Å²) >= 11 is 0. The van der Waals surface area contributed by atoms with Crippen LogP contribution < -0.4 is 5.32 Å². The molecule has 0 aliphatic heterocycles. The lowest BCUT2D eigenvalue weighted by molar-refractivity contribution is 0.0936. The minimum Gasteiger partial charge on any atom is -0.345 e. The van der Waals surface area contributed by atoms with Crippen LogP contribution in [0.15, 0.2) is 79.1 Å². The number of carbonyl (C=O) groups excluding carboxylic acids is 1. The van der Waals surface area contributed by atoms with E-state index in [4.69, 9.17) is 4.98 Å². The van der Waals surface area contributed by atoms with Gasteiger partial charge in [-0.3, -0.25) is 9.78 Å². The van der Waals surface area contributed by atoms with Gasteiger partial charge < -0.3 is 5.32 Å². The Hall–Kier alpha value is -3.53. The summed E-state index contributed by atoms with van der Waals surface area (Å²) in [5.74, 6) is -0.0889. The number of hydrogen-bond donors (Lipinski definition) is 1. The van der Waals surface area contributed by atoms with Crippen molar-refractivity contribution >= 4 is 16.8 Å². The third-order valence-corrected chi connectivity index (χ3v) is 5.21. The van der Waals surface area contributed by atoms with Crippen molar-refractivity contribution in [3.8, 4) is 11.3 Å². The van der Waals surface area contributed by atoms with Crippen molar-refractivity contribution in [1.82, 2.24) is 15.3 Å². The van der Waals surface area contributed by atoms with Crippen molar-refractivity contribution in [2.24, 2.45) is 0 Å². The maximum Gasteiger partial charge on any atom is 0.252 e. The fraction of sp³-hybridized carbons (Fsp3) is 0.160. The molecule has 1 atom stereocenters. The summed E-state index contributed by atoms with van der Waals surface area (Å²) in [6, 6.07) is 21.6. The van der Waals surface area contributed by atoms with Crippen LogP contribution in [0.2, 0.25) is 0 Å². The van der Waals surface area contributed by atoms with Crippen LogP contribution in [-0.2, 0) is 0 Å². The summed E-state index contributed by atoms with van der Waals surface area (Å²) in [6.45, 7) is 4.03. The average Bonchev–Trinajstić information content (AvgIpc) is 2.78. The minimum absolute atomic E-state index is 0.0889. The van der Waals surface area contributed by atoms with Crippen molar-refractivity contribution in [2.75, 3.05) is 0 Å². The van der Waals surface area contributed by atoms with E-state index >= 15 is 0 Å². The molecule has 0 aliphatic carbocycles. The first-order valence-electron chi connectivity index (χ1n) is 9.84. The minimum atomic E-state index is -0.0947. The monoisotopic (exact) mass is 381 g/mol. The van der Waals surface area contributed by atoms with Crippen LogP contribution >= 0.6 is 0 Å². The van der Waals surface area contributed by atoms with Gasteiger partial charge in [0, 0.05) is 23.3 Å². The largest absolute Gasteiger partial charge is 0.345 e. The molecular formula is C25H23N3O. The Bertz CT molecular complexity index is 1140. The second-order valence-electron chi connectivity index (χ2n) is 7.06. The number of aromatic nitrogens is 2. The fourth-order valence-electron chi connectivity index (χ4n) is 3.71. The van der Waals surface area contributed by atoms with Gasteiger partial charge in [0.25, 0.3) is 5.91 Å². The lowest BCUT2D eigenvalue weighted by Gasteiger charge is -2.20. The Kier molecular flexibility index (Phi) is 5.34. The molecule has 2 heterocycles. The molecule has 0 bridgehead atoms. The maximum atomic E-state index is 13.4. The smallest absolute Gasteiger partial charge is 0.252 e. The summed E-state index contributed by atoms with van der Waals surface area (Å²) in [5, 5.41) is 4.07. The molecule has 1 unspecified atom stereocenters. The van der Waals surface area contributed by atoms with Crippen molar-refractivity contribution < 1.29 is 4.79 Å². The molecule has 0 fully saturated rings. The third kappa shape index (κ3) is 3.74. The van der Waals surface area contributed by atoms with Gasteiger partial charge in [-0.15, -0.1) is 0 Å². The first-order valence-corrected chi connectivity index (χ1v) is 9.84. The second kappa shape index (κ2) is 8.23. The quantitative estimate of drug-likeness (QED) is 0.497. The molecule has 2 aromatic heterocycles. The van der Waals surface area contributed by atoms with Crippen molar-refractivity contribution in [3.05, 3.63) is 95.8 Å². The number of para-hydroxylation sites is 1. The third-order valence-electron chi connectivity index (χ3n) is 5.21. The SMILES string of the molecule is CCC(NC(=O)c1c(C)c(-c2ccccc2)nc2ccccc12)c1cccnc1. The standard InChI is InChI=1S/C25H23N3O/c1-3-21(19-12-9-15-26-16-19)28-25(29)23-17(2)24(18-10-5-4-6-11-18)27-22-14-8-7-13-20(22)23/h4-16,21H,3H2,1-2H3,(H,28,29). The van der Waals surface area contributed by atoms with Crippen LogP contribution in [0.1, 0.15) is 40.9 Å². The van der Waals surface area contributed by atoms with E-state index in [1.165, 1.54) is 0 Å². The lowest BCUT2D eigenvalue weighted by atomic mass is 9.96. The molecule has 0 saturated carbocycles. The number of pyridine rings is 2. The van der Waals surface area contributed by atoms with Gasteiger partial charge in [0.15, 0.2) is 0 Å². The highest BCUT2D eigenvalue weighted by Gasteiger charge is 2.21. The highest BCUT2D eigenvalue weighted by molar-refractivity contribution is 6.09. The molecule has 4 aromatic rings. The molecule has 29 heavy (non-hydrogen) atoms. The van der Waals surface area contributed by atoms with E-state index in [-0.39, 0.29) is 11.9 Å². The number of benzene rings is 2. The highest BCUT2D eigenvalue weighted by Crippen LogP contribution is 2.30. The number of hydrogen-bond acceptors (Lipinski definition) is 3. The van der Waals surface area contributed by atoms with E-state index in [9.17, 15) is 4.79 Å². The van der Waals surface area contributed by atoms with Gasteiger partial charge in [-0.05, 0) is 36.6 Å². The van der Waals surface area contributed by atoms with E-state index in [0.717, 1.165) is 39.7 Å². The molecule has 1 amide bonds. The van der Waals surface area contributed by atoms with Gasteiger partial charge in [0.05, 0.1) is 22.8 Å². The van der Waals surface area contributed by atoms with E-state index in [0.29, 0.717) is 5.56 Å². The van der Waals surface area contributed by atoms with Crippen LogP contribution in [-0.4, -0.2) is 15.9 Å². The zero-order valence-electron chi connectivity index (χ0n) is 16.6. The van der Waals surface area contributed by atoms with Crippen molar-refractivity contribution in [2.45, 2.75) is 26.3 Å². The number of amides is 1. The molecule has 4 heteroatoms. The van der Waals surface area contributed by atoms with Crippen LogP contribution in [0.25, 0.3) is 22.2 Å². The summed E-state index contributed by atoms with van der Waals surface area (Å²) in [7, 11) is 0. The summed E-state index contributed by atoms with van der Waals surface area (Å²) < 4.78 is 0. The number of nitrogens with one attached hydrogen (secondary N) is 1. The van der Waals surface area contributed by atoms with Gasteiger partial charge in [0.1, 0.15) is 0 Å². The molecule has 144 valence electrons. The number of carbonyl (C=O) groups is 1. The Labute approximate surface area is 170 Å². The average molecular weight is 381 g/mol. The van der Waals surface area contributed by atoms with E-state index in [1.807, 2.05) is 73.7 Å². The first-order chi connectivity index (χ1) is 14.2. The predicted octanol–water partition coefficient (Wildman–Crippen LogP) is 5.49. The highest BCUT2D eigenvalue weighted by atomic mass is 16.1. The Balaban J connectivity index is 1.82. The van der Waals surface area contributed by atoms with Gasteiger partial charge in [0.2, 0.25) is 0 Å². The normalized spacial score (nSPS) is 11.9. The van der Waals surface area contributed by atoms with Gasteiger partial charge in [-0.25, -0.2) is 4.98 Å². The van der Waals surface area contributed by atoms with E-state index < -0.39 is 0 Å². The Morgan fingerprint density at radius 1 is 1.00 bits per heavy atom. The fourth-order valence-corrected chi connectivity index (χ4v) is 3.71. The molecule has 4 rings (SSSR count). The maximum absolute atomic E-state index is 13.4. The summed E-state index contributed by atoms with van der Waals surface area (Å²) in [5.41, 5.74) is 5.22. The second-order valence-corrected chi connectivity index (χ2v) is 7.06. The molecule has 0 spiro atoms. The lowest BCUT2D eigenvalue weighted by Crippen LogP contribution is -2.29. The topological polar surface area (TPSA) is 54.9 Å². The van der Waals surface area contributed by atoms with Crippen LogP contribution in [0.3, 0.4) is 0 Å². The molecule has 4 nitrogen and oxygen atoms in total. The zero-order valence-corrected chi connectivity index (χ0v) is 16.6. The molecule has 0 saturated heterocycles. The first kappa shape index (κ1) is 18.8. The number of rotatable bonds is 5. The van der Waals surface area contributed by atoms with Crippen molar-refractivity contribution in [1.29, 1.82) is 0 Å². The van der Waals surface area contributed by atoms with Gasteiger partial charge in [-0.1, -0.05) is 61.5 Å². The number of nitrogens with zero attached hydrogens (tertiary/aromatic N) is 2. The molecule has 2 aromatic carbocycles. The summed E-state index contributed by atoms with van der Waals surface area (Å²) in [4.78, 5) is 22.5. The predicted molar refractivity (Wildman–Crippen MR) is 117 cm³/mol. The van der Waals surface area contributed by atoms with Crippen molar-refractivity contribution in [3.63, 3.8) is 0 Å². The van der Waals surface area contributed by atoms with Gasteiger partial charge in [-0.2, -0.15) is 0 Å².